The molecule has 2 heterocycles. The van der Waals surface area contributed by atoms with E-state index in [-0.39, 0.29) is 6.42 Å². The molecule has 80 valence electrons. The summed E-state index contributed by atoms with van der Waals surface area (Å²) >= 11 is 0. The first-order chi connectivity index (χ1) is 6.38. The van der Waals surface area contributed by atoms with Crippen LogP contribution in [0.3, 0.4) is 0 Å². The normalized spacial score (nSPS) is 45.1. The van der Waals surface area contributed by atoms with Crippen molar-refractivity contribution in [2.75, 3.05) is 0 Å². The van der Waals surface area contributed by atoms with E-state index >= 15 is 0 Å². The number of halogens is 3. The van der Waals surface area contributed by atoms with Crippen molar-refractivity contribution in [1.29, 1.82) is 0 Å². The van der Waals surface area contributed by atoms with Gasteiger partial charge in [0.2, 0.25) is 0 Å². The highest BCUT2D eigenvalue weighted by Gasteiger charge is 2.69. The van der Waals surface area contributed by atoms with Crippen LogP contribution < -0.4 is 5.32 Å². The van der Waals surface area contributed by atoms with Crippen molar-refractivity contribution in [3.8, 4) is 0 Å². The zero-order chi connectivity index (χ0) is 10.6. The van der Waals surface area contributed by atoms with Gasteiger partial charge in [-0.25, -0.2) is 18.0 Å². The molecule has 0 saturated carbocycles. The number of piperidine rings is 1. The smallest absolute Gasteiger partial charge is 0.349 e. The van der Waals surface area contributed by atoms with Gasteiger partial charge in [-0.05, 0) is 12.8 Å². The van der Waals surface area contributed by atoms with Gasteiger partial charge >= 0.3 is 5.97 Å². The Morgan fingerprint density at radius 1 is 1.36 bits per heavy atom. The van der Waals surface area contributed by atoms with Crippen LogP contribution in [0.25, 0.3) is 0 Å². The summed E-state index contributed by atoms with van der Waals surface area (Å²) in [4.78, 5) is 10.6. The summed E-state index contributed by atoms with van der Waals surface area (Å²) in [6, 6.07) is -1.70. The third-order valence-corrected chi connectivity index (χ3v) is 3.07. The molecule has 2 fully saturated rings. The number of hydrogen-bond acceptors (Lipinski definition) is 2. The number of nitrogens with one attached hydrogen (secondary N) is 1. The van der Waals surface area contributed by atoms with Gasteiger partial charge in [-0.2, -0.15) is 0 Å². The van der Waals surface area contributed by atoms with E-state index in [4.69, 9.17) is 5.11 Å². The lowest BCUT2D eigenvalue weighted by Gasteiger charge is -2.39. The number of fused-ring (bicyclic) bond motifs is 2. The summed E-state index contributed by atoms with van der Waals surface area (Å²) in [5, 5.41) is 11.1. The van der Waals surface area contributed by atoms with Crippen molar-refractivity contribution in [3.05, 3.63) is 0 Å². The molecular formula is C8H10F3NO2. The van der Waals surface area contributed by atoms with Gasteiger partial charge in [0.05, 0.1) is 6.04 Å². The van der Waals surface area contributed by atoms with Crippen molar-refractivity contribution in [3.63, 3.8) is 0 Å². The van der Waals surface area contributed by atoms with Crippen molar-refractivity contribution < 1.29 is 23.1 Å². The summed E-state index contributed by atoms with van der Waals surface area (Å²) in [5.41, 5.74) is -3.44. The van der Waals surface area contributed by atoms with Gasteiger partial charge in [-0.15, -0.1) is 0 Å². The topological polar surface area (TPSA) is 49.3 Å². The average Bonchev–Trinajstić information content (AvgIpc) is 2.45. The van der Waals surface area contributed by atoms with Gasteiger partial charge < -0.3 is 10.4 Å². The molecule has 6 heteroatoms. The number of carbonyl (C=O) groups is 1. The van der Waals surface area contributed by atoms with Crippen LogP contribution in [-0.2, 0) is 4.79 Å². The van der Waals surface area contributed by atoms with Gasteiger partial charge in [-0.1, -0.05) is 0 Å². The summed E-state index contributed by atoms with van der Waals surface area (Å²) in [6.07, 6.45) is -0.158. The number of carboxylic acids is 1. The van der Waals surface area contributed by atoms with Gasteiger partial charge in [0.1, 0.15) is 0 Å². The Hall–Kier alpha value is -0.780. The number of alkyl halides is 3. The van der Waals surface area contributed by atoms with Crippen molar-refractivity contribution in [1.82, 2.24) is 5.32 Å². The lowest BCUT2D eigenvalue weighted by Crippen LogP contribution is -2.66. The summed E-state index contributed by atoms with van der Waals surface area (Å²) in [5.74, 6) is -5.84. The van der Waals surface area contributed by atoms with E-state index in [1.54, 1.807) is 0 Å². The predicted molar refractivity (Wildman–Crippen MR) is 41.0 cm³/mol. The molecule has 0 spiro atoms. The highest BCUT2D eigenvalue weighted by molar-refractivity contribution is 5.80. The van der Waals surface area contributed by atoms with Crippen LogP contribution in [0, 0.1) is 0 Å². The van der Waals surface area contributed by atoms with Crippen LogP contribution in [0.4, 0.5) is 13.2 Å². The summed E-state index contributed by atoms with van der Waals surface area (Å²) < 4.78 is 40.3. The monoisotopic (exact) mass is 209 g/mol. The molecular weight excluding hydrogens is 199 g/mol. The third-order valence-electron chi connectivity index (χ3n) is 3.07. The highest BCUT2D eigenvalue weighted by Crippen LogP contribution is 2.47. The molecule has 2 saturated heterocycles. The molecule has 0 aromatic rings. The Kier molecular flexibility index (Phi) is 1.83. The molecule has 3 atom stereocenters. The molecule has 2 N–H and O–H groups in total. The molecule has 0 aliphatic carbocycles. The summed E-state index contributed by atoms with van der Waals surface area (Å²) in [6.45, 7) is 0. The van der Waals surface area contributed by atoms with E-state index in [1.165, 1.54) is 0 Å². The zero-order valence-corrected chi connectivity index (χ0v) is 7.27. The van der Waals surface area contributed by atoms with Gasteiger partial charge in [-0.3, -0.25) is 0 Å². The van der Waals surface area contributed by atoms with Gasteiger partial charge in [0.15, 0.2) is 0 Å². The molecule has 0 aromatic carbocycles. The molecule has 2 aliphatic heterocycles. The fourth-order valence-electron chi connectivity index (χ4n) is 2.31. The van der Waals surface area contributed by atoms with Crippen LogP contribution in [0.2, 0.25) is 0 Å². The van der Waals surface area contributed by atoms with Crippen LogP contribution in [-0.4, -0.2) is 34.8 Å². The van der Waals surface area contributed by atoms with Crippen molar-refractivity contribution in [2.45, 2.75) is 42.9 Å². The summed E-state index contributed by atoms with van der Waals surface area (Å²) in [7, 11) is 0. The lowest BCUT2D eigenvalue weighted by molar-refractivity contribution is -0.200. The largest absolute Gasteiger partial charge is 0.479 e. The van der Waals surface area contributed by atoms with E-state index < -0.39 is 36.1 Å². The maximum absolute atomic E-state index is 13.8. The van der Waals surface area contributed by atoms with E-state index in [0.717, 1.165) is 0 Å². The second kappa shape index (κ2) is 2.62. The quantitative estimate of drug-likeness (QED) is 0.675. The third kappa shape index (κ3) is 1.00. The van der Waals surface area contributed by atoms with Crippen LogP contribution in [0.5, 0.6) is 0 Å². The molecule has 0 radical (unpaired) electrons. The first-order valence-electron chi connectivity index (χ1n) is 4.44. The standard InChI is InChI=1S/C8H10F3NO2/c9-7(10)3-4-1-2-5(12-4)8(7,11)6(13)14/h4-5,12H,1-3H2,(H,13,14). The minimum absolute atomic E-state index is 0.156. The molecule has 2 aliphatic rings. The molecule has 3 unspecified atom stereocenters. The minimum atomic E-state index is -3.77. The fraction of sp³-hybridized carbons (Fsp3) is 0.875. The number of aliphatic carboxylic acids is 1. The SMILES string of the molecule is O=C(O)C1(F)C2CCC(CC1(F)F)N2. The first kappa shape index (κ1) is 9.76. The van der Waals surface area contributed by atoms with E-state index in [1.807, 2.05) is 0 Å². The molecule has 2 rings (SSSR count). The van der Waals surface area contributed by atoms with E-state index in [9.17, 15) is 18.0 Å². The van der Waals surface area contributed by atoms with Crippen LogP contribution in [0.15, 0.2) is 0 Å². The number of carboxylic acid groups (broad SMARTS) is 1. The second-order valence-electron chi connectivity index (χ2n) is 3.92. The van der Waals surface area contributed by atoms with Gasteiger partial charge in [0.25, 0.3) is 11.6 Å². The van der Waals surface area contributed by atoms with Crippen molar-refractivity contribution in [2.24, 2.45) is 0 Å². The maximum atomic E-state index is 13.8. The Morgan fingerprint density at radius 3 is 2.57 bits per heavy atom. The molecule has 0 amide bonds. The molecule has 0 aromatic heterocycles. The van der Waals surface area contributed by atoms with E-state index in [0.29, 0.717) is 6.42 Å². The predicted octanol–water partition coefficient (Wildman–Crippen LogP) is 0.939. The average molecular weight is 209 g/mol. The first-order valence-corrected chi connectivity index (χ1v) is 4.44. The number of hydrogen-bond donors (Lipinski definition) is 2. The Balaban J connectivity index is 2.40. The molecule has 14 heavy (non-hydrogen) atoms. The van der Waals surface area contributed by atoms with Gasteiger partial charge in [0, 0.05) is 12.5 Å². The zero-order valence-electron chi connectivity index (χ0n) is 7.27. The lowest BCUT2D eigenvalue weighted by atomic mass is 9.85. The second-order valence-corrected chi connectivity index (χ2v) is 3.92. The molecule has 3 nitrogen and oxygen atoms in total. The fourth-order valence-corrected chi connectivity index (χ4v) is 2.31. The number of rotatable bonds is 1. The Morgan fingerprint density at radius 2 is 2.00 bits per heavy atom. The van der Waals surface area contributed by atoms with Crippen molar-refractivity contribution >= 4 is 5.97 Å². The Labute approximate surface area is 78.3 Å². The van der Waals surface area contributed by atoms with Crippen LogP contribution in [0.1, 0.15) is 19.3 Å². The molecule has 2 bridgehead atoms. The minimum Gasteiger partial charge on any atom is -0.479 e. The van der Waals surface area contributed by atoms with E-state index in [2.05, 4.69) is 5.32 Å². The maximum Gasteiger partial charge on any atom is 0.349 e. The highest BCUT2D eigenvalue weighted by atomic mass is 19.3. The van der Waals surface area contributed by atoms with Crippen LogP contribution >= 0.6 is 0 Å². The Bertz CT molecular complexity index is 284.